The highest BCUT2D eigenvalue weighted by molar-refractivity contribution is 7.99. The van der Waals surface area contributed by atoms with Gasteiger partial charge in [-0.25, -0.2) is 9.50 Å². The topological polar surface area (TPSA) is 50.5 Å². The number of thioether (sulfide) groups is 1. The Kier molecular flexibility index (Phi) is 5.61. The summed E-state index contributed by atoms with van der Waals surface area (Å²) in [5, 5.41) is 4.31. The van der Waals surface area contributed by atoms with Crippen molar-refractivity contribution in [3.8, 4) is 0 Å². The van der Waals surface area contributed by atoms with Crippen LogP contribution in [0.3, 0.4) is 0 Å². The van der Waals surface area contributed by atoms with Crippen molar-refractivity contribution in [2.75, 3.05) is 19.3 Å². The van der Waals surface area contributed by atoms with Crippen LogP contribution in [-0.2, 0) is 0 Å². The molecule has 1 amide bonds. The van der Waals surface area contributed by atoms with Crippen LogP contribution in [0.5, 0.6) is 0 Å². The van der Waals surface area contributed by atoms with Crippen LogP contribution in [-0.4, -0.2) is 44.8 Å². The number of nitrogens with zero attached hydrogens (tertiary/aromatic N) is 4. The van der Waals surface area contributed by atoms with Crippen molar-refractivity contribution < 1.29 is 4.79 Å². The van der Waals surface area contributed by atoms with E-state index >= 15 is 0 Å². The Bertz CT molecular complexity index is 917. The first-order valence-electron chi connectivity index (χ1n) is 8.72. The molecule has 26 heavy (non-hydrogen) atoms. The Hall–Kier alpha value is -2.34. The van der Waals surface area contributed by atoms with E-state index in [4.69, 9.17) is 0 Å². The number of amides is 1. The third-order valence-corrected chi connectivity index (χ3v) is 5.38. The fraction of sp³-hybridized carbons (Fsp3) is 0.350. The third kappa shape index (κ3) is 4.07. The molecule has 6 heteroatoms. The number of hydrogen-bond acceptors (Lipinski definition) is 4. The highest BCUT2D eigenvalue weighted by atomic mass is 32.2. The number of benzene rings is 1. The Labute approximate surface area is 158 Å². The van der Waals surface area contributed by atoms with Crippen molar-refractivity contribution in [2.45, 2.75) is 32.1 Å². The molecule has 0 radical (unpaired) electrons. The molecule has 0 aliphatic rings. The molecular weight excluding hydrogens is 344 g/mol. The van der Waals surface area contributed by atoms with Gasteiger partial charge in [0.2, 0.25) is 0 Å². The quantitative estimate of drug-likeness (QED) is 0.489. The standard InChI is InChI=1S/C20H24N4OS/c1-14-6-8-17(9-7-14)26-11-5-10-23(4)20(25)18-13-21-24-16(3)12-15(2)22-19(18)24/h6-9,12-13H,5,10-11H2,1-4H3. The van der Waals surface area contributed by atoms with Crippen LogP contribution in [0.4, 0.5) is 0 Å². The summed E-state index contributed by atoms with van der Waals surface area (Å²) in [6.45, 7) is 6.70. The van der Waals surface area contributed by atoms with Crippen LogP contribution in [0.1, 0.15) is 33.7 Å². The third-order valence-electron chi connectivity index (χ3n) is 4.28. The molecule has 2 aromatic heterocycles. The monoisotopic (exact) mass is 368 g/mol. The summed E-state index contributed by atoms with van der Waals surface area (Å²) in [7, 11) is 1.84. The summed E-state index contributed by atoms with van der Waals surface area (Å²) in [5.41, 5.74) is 4.33. The summed E-state index contributed by atoms with van der Waals surface area (Å²) in [5.74, 6) is 0.948. The van der Waals surface area contributed by atoms with Gasteiger partial charge in [0.05, 0.1) is 6.20 Å². The lowest BCUT2D eigenvalue weighted by Crippen LogP contribution is -2.28. The average Bonchev–Trinajstić information content (AvgIpc) is 3.03. The molecule has 0 atom stereocenters. The maximum atomic E-state index is 12.8. The van der Waals surface area contributed by atoms with E-state index in [1.165, 1.54) is 10.5 Å². The van der Waals surface area contributed by atoms with Gasteiger partial charge in [-0.2, -0.15) is 5.10 Å². The molecular formula is C20H24N4OS. The van der Waals surface area contributed by atoms with E-state index in [1.807, 2.05) is 38.7 Å². The Morgan fingerprint density at radius 3 is 2.65 bits per heavy atom. The lowest BCUT2D eigenvalue weighted by molar-refractivity contribution is 0.0797. The smallest absolute Gasteiger partial charge is 0.259 e. The second-order valence-electron chi connectivity index (χ2n) is 6.57. The minimum absolute atomic E-state index is 0.0298. The predicted octanol–water partition coefficient (Wildman–Crippen LogP) is 3.91. The van der Waals surface area contributed by atoms with Gasteiger partial charge in [-0.05, 0) is 51.1 Å². The molecule has 1 aromatic carbocycles. The van der Waals surface area contributed by atoms with Crippen molar-refractivity contribution in [3.05, 3.63) is 59.0 Å². The first kappa shape index (κ1) is 18.5. The number of aryl methyl sites for hydroxylation is 3. The number of carbonyl (C=O) groups excluding carboxylic acids is 1. The van der Waals surface area contributed by atoms with Gasteiger partial charge in [0.1, 0.15) is 5.56 Å². The van der Waals surface area contributed by atoms with Crippen molar-refractivity contribution in [1.82, 2.24) is 19.5 Å². The molecule has 0 saturated carbocycles. The Morgan fingerprint density at radius 2 is 1.92 bits per heavy atom. The molecule has 0 bridgehead atoms. The lowest BCUT2D eigenvalue weighted by Gasteiger charge is -2.16. The Morgan fingerprint density at radius 1 is 1.19 bits per heavy atom. The van der Waals surface area contributed by atoms with E-state index in [9.17, 15) is 4.79 Å². The molecule has 0 unspecified atom stereocenters. The minimum Gasteiger partial charge on any atom is -0.342 e. The number of rotatable bonds is 6. The zero-order chi connectivity index (χ0) is 18.7. The second-order valence-corrected chi connectivity index (χ2v) is 7.74. The van der Waals surface area contributed by atoms with Gasteiger partial charge in [0.15, 0.2) is 5.65 Å². The van der Waals surface area contributed by atoms with E-state index in [-0.39, 0.29) is 5.91 Å². The van der Waals surface area contributed by atoms with Gasteiger partial charge in [-0.1, -0.05) is 17.7 Å². The van der Waals surface area contributed by atoms with Crippen molar-refractivity contribution in [3.63, 3.8) is 0 Å². The maximum Gasteiger partial charge on any atom is 0.259 e. The Balaban J connectivity index is 1.59. The SMILES string of the molecule is Cc1ccc(SCCCN(C)C(=O)c2cnn3c(C)cc(C)nc23)cc1. The molecule has 0 aliphatic carbocycles. The fourth-order valence-electron chi connectivity index (χ4n) is 2.85. The van der Waals surface area contributed by atoms with Crippen LogP contribution in [0.2, 0.25) is 0 Å². The predicted molar refractivity (Wildman–Crippen MR) is 106 cm³/mol. The summed E-state index contributed by atoms with van der Waals surface area (Å²) < 4.78 is 1.72. The molecule has 3 rings (SSSR count). The molecule has 0 N–H and O–H groups in total. The zero-order valence-electron chi connectivity index (χ0n) is 15.7. The van der Waals surface area contributed by atoms with Crippen LogP contribution >= 0.6 is 11.8 Å². The van der Waals surface area contributed by atoms with Crippen molar-refractivity contribution >= 4 is 23.3 Å². The minimum atomic E-state index is -0.0298. The summed E-state index contributed by atoms with van der Waals surface area (Å²) in [4.78, 5) is 20.3. The molecule has 0 aliphatic heterocycles. The van der Waals surface area contributed by atoms with Gasteiger partial charge in [0.25, 0.3) is 5.91 Å². The van der Waals surface area contributed by atoms with Crippen LogP contribution in [0, 0.1) is 20.8 Å². The second kappa shape index (κ2) is 7.91. The van der Waals surface area contributed by atoms with Crippen molar-refractivity contribution in [2.24, 2.45) is 0 Å². The fourth-order valence-corrected chi connectivity index (χ4v) is 3.69. The molecule has 0 spiro atoms. The zero-order valence-corrected chi connectivity index (χ0v) is 16.5. The first-order valence-corrected chi connectivity index (χ1v) is 9.71. The van der Waals surface area contributed by atoms with Gasteiger partial charge in [-0.15, -0.1) is 11.8 Å². The van der Waals surface area contributed by atoms with E-state index in [1.54, 1.807) is 15.6 Å². The van der Waals surface area contributed by atoms with Crippen molar-refractivity contribution in [1.29, 1.82) is 0 Å². The largest absolute Gasteiger partial charge is 0.342 e. The first-order chi connectivity index (χ1) is 12.5. The van der Waals surface area contributed by atoms with Crippen LogP contribution in [0.15, 0.2) is 41.4 Å². The van der Waals surface area contributed by atoms with Crippen LogP contribution < -0.4 is 0 Å². The van der Waals surface area contributed by atoms with Gasteiger partial charge in [0, 0.05) is 29.9 Å². The highest BCUT2D eigenvalue weighted by Gasteiger charge is 2.18. The average molecular weight is 369 g/mol. The van der Waals surface area contributed by atoms with Gasteiger partial charge < -0.3 is 4.90 Å². The summed E-state index contributed by atoms with van der Waals surface area (Å²) in [6, 6.07) is 10.5. The molecule has 136 valence electrons. The number of carbonyl (C=O) groups is 1. The highest BCUT2D eigenvalue weighted by Crippen LogP contribution is 2.19. The van der Waals surface area contributed by atoms with Gasteiger partial charge >= 0.3 is 0 Å². The maximum absolute atomic E-state index is 12.8. The van der Waals surface area contributed by atoms with E-state index in [0.29, 0.717) is 17.8 Å². The summed E-state index contributed by atoms with van der Waals surface area (Å²) >= 11 is 1.82. The molecule has 2 heterocycles. The van der Waals surface area contributed by atoms with E-state index in [0.717, 1.165) is 23.6 Å². The number of hydrogen-bond donors (Lipinski definition) is 0. The van der Waals surface area contributed by atoms with Gasteiger partial charge in [-0.3, -0.25) is 4.79 Å². The molecule has 5 nitrogen and oxygen atoms in total. The molecule has 0 fully saturated rings. The summed E-state index contributed by atoms with van der Waals surface area (Å²) in [6.07, 6.45) is 2.56. The molecule has 0 saturated heterocycles. The molecule has 3 aromatic rings. The van der Waals surface area contributed by atoms with E-state index < -0.39 is 0 Å². The van der Waals surface area contributed by atoms with Crippen LogP contribution in [0.25, 0.3) is 5.65 Å². The lowest BCUT2D eigenvalue weighted by atomic mass is 10.2. The normalized spacial score (nSPS) is 11.1. The number of aromatic nitrogens is 3. The number of fused-ring (bicyclic) bond motifs is 1. The van der Waals surface area contributed by atoms with E-state index in [2.05, 4.69) is 41.3 Å².